The van der Waals surface area contributed by atoms with Crippen LogP contribution in [-0.2, 0) is 5.75 Å². The summed E-state index contributed by atoms with van der Waals surface area (Å²) in [5.41, 5.74) is 1.51. The van der Waals surface area contributed by atoms with E-state index < -0.39 is 0 Å². The highest BCUT2D eigenvalue weighted by Crippen LogP contribution is 2.42. The molecule has 1 aromatic carbocycles. The number of benzene rings is 1. The average molecular weight is 196 g/mol. The van der Waals surface area contributed by atoms with Crippen LogP contribution < -0.4 is 0 Å². The molecule has 1 heterocycles. The first kappa shape index (κ1) is 8.52. The van der Waals surface area contributed by atoms with E-state index in [1.807, 2.05) is 11.8 Å². The summed E-state index contributed by atoms with van der Waals surface area (Å²) >= 11 is 4.09. The van der Waals surface area contributed by atoms with Gasteiger partial charge in [0.2, 0.25) is 0 Å². The van der Waals surface area contributed by atoms with Gasteiger partial charge in [0.15, 0.2) is 0 Å². The van der Waals surface area contributed by atoms with Crippen LogP contribution in [0.25, 0.3) is 0 Å². The van der Waals surface area contributed by atoms with Crippen molar-refractivity contribution in [2.45, 2.75) is 28.6 Å². The van der Waals surface area contributed by atoms with Gasteiger partial charge in [0.05, 0.1) is 4.58 Å². The Kier molecular flexibility index (Phi) is 2.66. The molecule has 0 bridgehead atoms. The minimum absolute atomic E-state index is 0.778. The van der Waals surface area contributed by atoms with Gasteiger partial charge >= 0.3 is 0 Å². The maximum Gasteiger partial charge on any atom is 0.0550 e. The van der Waals surface area contributed by atoms with E-state index in [-0.39, 0.29) is 0 Å². The van der Waals surface area contributed by atoms with E-state index in [2.05, 4.69) is 43.0 Å². The Labute approximate surface area is 82.1 Å². The normalized spacial score (nSPS) is 21.9. The van der Waals surface area contributed by atoms with Crippen molar-refractivity contribution < 1.29 is 0 Å². The summed E-state index contributed by atoms with van der Waals surface area (Å²) in [6.45, 7) is 2.26. The van der Waals surface area contributed by atoms with E-state index in [0.29, 0.717) is 0 Å². The minimum atomic E-state index is 0.778. The Morgan fingerprint density at radius 3 is 3.08 bits per heavy atom. The number of rotatable bonds is 1. The second kappa shape index (κ2) is 3.75. The molecule has 0 saturated carbocycles. The highest BCUT2D eigenvalue weighted by atomic mass is 32.2. The number of fused-ring (bicyclic) bond motifs is 1. The molecule has 1 aliphatic rings. The van der Waals surface area contributed by atoms with Gasteiger partial charge in [-0.25, -0.2) is 0 Å². The van der Waals surface area contributed by atoms with Gasteiger partial charge in [0.25, 0.3) is 0 Å². The average Bonchev–Trinajstić information content (AvgIpc) is 2.17. The smallest absolute Gasteiger partial charge is 0.0550 e. The van der Waals surface area contributed by atoms with Crippen molar-refractivity contribution in [2.24, 2.45) is 0 Å². The fraction of sp³-hybridized carbons (Fsp3) is 0.400. The zero-order valence-corrected chi connectivity index (χ0v) is 8.75. The molecule has 0 fully saturated rings. The van der Waals surface area contributed by atoms with Crippen LogP contribution in [0.2, 0.25) is 0 Å². The molecule has 12 heavy (non-hydrogen) atoms. The molecule has 0 nitrogen and oxygen atoms in total. The summed E-state index contributed by atoms with van der Waals surface area (Å²) in [6, 6.07) is 8.74. The molecule has 1 atom stereocenters. The first-order valence-electron chi connectivity index (χ1n) is 4.26. The third-order valence-corrected chi connectivity index (χ3v) is 5.12. The van der Waals surface area contributed by atoms with Gasteiger partial charge in [-0.05, 0) is 18.1 Å². The summed E-state index contributed by atoms with van der Waals surface area (Å²) < 4.78 is 0.778. The fourth-order valence-corrected chi connectivity index (χ4v) is 3.93. The second-order valence-corrected chi connectivity index (χ2v) is 5.61. The third-order valence-electron chi connectivity index (χ3n) is 1.99. The van der Waals surface area contributed by atoms with E-state index in [4.69, 9.17) is 0 Å². The Bertz CT molecular complexity index is 270. The predicted molar refractivity (Wildman–Crippen MR) is 57.7 cm³/mol. The quantitative estimate of drug-likeness (QED) is 0.670. The molecule has 2 heteroatoms. The summed E-state index contributed by atoms with van der Waals surface area (Å²) in [4.78, 5) is 1.49. The topological polar surface area (TPSA) is 0 Å². The first-order valence-corrected chi connectivity index (χ1v) is 6.19. The highest BCUT2D eigenvalue weighted by Gasteiger charge is 2.16. The lowest BCUT2D eigenvalue weighted by Crippen LogP contribution is -2.02. The number of thioether (sulfide) groups is 2. The lowest BCUT2D eigenvalue weighted by atomic mass is 10.2. The Morgan fingerprint density at radius 1 is 1.42 bits per heavy atom. The molecular weight excluding hydrogens is 184 g/mol. The molecule has 0 radical (unpaired) electrons. The van der Waals surface area contributed by atoms with Crippen LogP contribution in [0.4, 0.5) is 0 Å². The molecule has 1 unspecified atom stereocenters. The zero-order valence-electron chi connectivity index (χ0n) is 7.12. The Balaban J connectivity index is 2.23. The van der Waals surface area contributed by atoms with Crippen LogP contribution >= 0.6 is 23.5 Å². The minimum Gasteiger partial charge on any atom is -0.142 e. The van der Waals surface area contributed by atoms with E-state index in [9.17, 15) is 0 Å². The molecule has 64 valence electrons. The summed E-state index contributed by atoms with van der Waals surface area (Å²) in [7, 11) is 0. The van der Waals surface area contributed by atoms with Crippen molar-refractivity contribution in [1.82, 2.24) is 0 Å². The molecule has 1 aliphatic heterocycles. The highest BCUT2D eigenvalue weighted by molar-refractivity contribution is 8.17. The molecule has 0 spiro atoms. The largest absolute Gasteiger partial charge is 0.142 e. The monoisotopic (exact) mass is 196 g/mol. The molecule has 0 aromatic heterocycles. The van der Waals surface area contributed by atoms with Crippen molar-refractivity contribution >= 4 is 23.5 Å². The van der Waals surface area contributed by atoms with Crippen LogP contribution in [0.3, 0.4) is 0 Å². The van der Waals surface area contributed by atoms with Gasteiger partial charge < -0.3 is 0 Å². The Hall–Kier alpha value is -0.0800. The molecule has 0 aliphatic carbocycles. The van der Waals surface area contributed by atoms with Crippen molar-refractivity contribution in [3.05, 3.63) is 29.8 Å². The predicted octanol–water partition coefficient (Wildman–Crippen LogP) is 3.76. The molecule has 1 aromatic rings. The molecule has 0 amide bonds. The maximum atomic E-state index is 2.26. The lowest BCUT2D eigenvalue weighted by molar-refractivity contribution is 1.04. The van der Waals surface area contributed by atoms with E-state index in [0.717, 1.165) is 4.58 Å². The van der Waals surface area contributed by atoms with Crippen LogP contribution in [-0.4, -0.2) is 4.58 Å². The van der Waals surface area contributed by atoms with Crippen molar-refractivity contribution in [1.29, 1.82) is 0 Å². The molecular formula is C10H12S2. The van der Waals surface area contributed by atoms with Crippen molar-refractivity contribution in [2.75, 3.05) is 0 Å². The van der Waals surface area contributed by atoms with Crippen LogP contribution in [0.5, 0.6) is 0 Å². The first-order chi connectivity index (χ1) is 5.90. The summed E-state index contributed by atoms with van der Waals surface area (Å²) in [5.74, 6) is 1.20. The number of hydrogen-bond donors (Lipinski definition) is 0. The Morgan fingerprint density at radius 2 is 2.25 bits per heavy atom. The molecule has 0 saturated heterocycles. The van der Waals surface area contributed by atoms with E-state index in [1.54, 1.807) is 0 Å². The summed E-state index contributed by atoms with van der Waals surface area (Å²) in [6.07, 6.45) is 1.27. The van der Waals surface area contributed by atoms with Gasteiger partial charge in [-0.2, -0.15) is 0 Å². The standard InChI is InChI=1S/C10H12S2/c1-2-10-11-7-8-5-3-4-6-9(8)12-10/h3-6,10H,2,7H2,1H3. The number of hydrogen-bond acceptors (Lipinski definition) is 2. The van der Waals surface area contributed by atoms with Crippen molar-refractivity contribution in [3.8, 4) is 0 Å². The van der Waals surface area contributed by atoms with E-state index in [1.165, 1.54) is 22.6 Å². The summed E-state index contributed by atoms with van der Waals surface area (Å²) in [5, 5.41) is 0. The molecule has 2 rings (SSSR count). The van der Waals surface area contributed by atoms with Gasteiger partial charge in [-0.3, -0.25) is 0 Å². The molecule has 0 N–H and O–H groups in total. The SMILES string of the molecule is CCC1SCc2ccccc2S1. The van der Waals surface area contributed by atoms with Gasteiger partial charge in [0.1, 0.15) is 0 Å². The van der Waals surface area contributed by atoms with Crippen LogP contribution in [0.1, 0.15) is 18.9 Å². The second-order valence-electron chi connectivity index (χ2n) is 2.87. The fourth-order valence-electron chi connectivity index (χ4n) is 1.30. The van der Waals surface area contributed by atoms with Gasteiger partial charge in [-0.1, -0.05) is 25.1 Å². The third kappa shape index (κ3) is 1.64. The van der Waals surface area contributed by atoms with Gasteiger partial charge in [-0.15, -0.1) is 23.5 Å². The lowest BCUT2D eigenvalue weighted by Gasteiger charge is -2.21. The van der Waals surface area contributed by atoms with Gasteiger partial charge in [0, 0.05) is 10.6 Å². The zero-order chi connectivity index (χ0) is 8.39. The van der Waals surface area contributed by atoms with E-state index >= 15 is 0 Å². The van der Waals surface area contributed by atoms with Crippen LogP contribution in [0.15, 0.2) is 29.2 Å². The maximum absolute atomic E-state index is 2.26. The van der Waals surface area contributed by atoms with Crippen molar-refractivity contribution in [3.63, 3.8) is 0 Å². The van der Waals surface area contributed by atoms with Crippen LogP contribution in [0, 0.1) is 0 Å².